The maximum Gasteiger partial charge on any atom is 0.306 e. The maximum absolute atomic E-state index is 13.7. The first kappa shape index (κ1) is 24.7. The minimum atomic E-state index is -0.346. The third-order valence-corrected chi connectivity index (χ3v) is 13.0. The van der Waals surface area contributed by atoms with Crippen LogP contribution in [-0.4, -0.2) is 23.5 Å². The summed E-state index contributed by atoms with van der Waals surface area (Å²) in [6.07, 6.45) is 11.4. The Labute approximate surface area is 216 Å². The topological polar surface area (TPSA) is 69.4 Å². The summed E-state index contributed by atoms with van der Waals surface area (Å²) in [5.41, 5.74) is 0.663. The van der Waals surface area contributed by atoms with Gasteiger partial charge in [-0.3, -0.25) is 4.79 Å². The van der Waals surface area contributed by atoms with Gasteiger partial charge in [0.1, 0.15) is 18.2 Å². The molecule has 2 unspecified atom stereocenters. The van der Waals surface area contributed by atoms with Gasteiger partial charge in [0, 0.05) is 34.1 Å². The van der Waals surface area contributed by atoms with Crippen LogP contribution in [-0.2, 0) is 26.2 Å². The highest BCUT2D eigenvalue weighted by Gasteiger charge is 2.71. The molecular formula is C31H45NO4. The molecule has 0 N–H and O–H groups in total. The van der Waals surface area contributed by atoms with E-state index < -0.39 is 0 Å². The molecule has 0 amide bonds. The normalized spacial score (nSPS) is 48.7. The molecule has 1 saturated heterocycles. The summed E-state index contributed by atoms with van der Waals surface area (Å²) in [6, 6.07) is 0. The third kappa shape index (κ3) is 2.92. The molecular weight excluding hydrogens is 450 g/mol. The molecule has 5 aliphatic rings. The molecule has 0 radical (unpaired) electrons. The zero-order chi connectivity index (χ0) is 25.9. The lowest BCUT2D eigenvalue weighted by Gasteiger charge is -2.67. The van der Waals surface area contributed by atoms with Crippen molar-refractivity contribution < 1.29 is 18.8 Å². The number of aromatic nitrogens is 1. The Balaban J connectivity index is 1.47. The molecule has 0 bridgehead atoms. The van der Waals surface area contributed by atoms with E-state index in [0.717, 1.165) is 57.1 Å². The number of hydrogen-bond acceptors (Lipinski definition) is 5. The summed E-state index contributed by atoms with van der Waals surface area (Å²) in [5.74, 6) is 1.72. The fourth-order valence-electron chi connectivity index (χ4n) is 10.8. The second-order valence-corrected chi connectivity index (χ2v) is 15.5. The van der Waals surface area contributed by atoms with Crippen molar-refractivity contribution in [2.24, 2.45) is 44.8 Å². The number of carbonyl (C=O) groups excluding carboxylic acids is 2. The molecule has 4 aliphatic carbocycles. The van der Waals surface area contributed by atoms with Crippen LogP contribution in [0.4, 0.5) is 0 Å². The SMILES string of the molecule is CC1(C)CC[C@]2(C=O)CC[C@]3(C)C(OC(=O)C[C@@H]4[C@@]5(C)Cc6cnoc6C(C)(C)[C@@H]5CC[C@]43C)C2C1. The van der Waals surface area contributed by atoms with Crippen LogP contribution in [0.5, 0.6) is 0 Å². The molecule has 6 rings (SSSR count). The zero-order valence-electron chi connectivity index (χ0n) is 23.4. The van der Waals surface area contributed by atoms with Crippen molar-refractivity contribution in [3.8, 4) is 0 Å². The minimum absolute atomic E-state index is 0.0446. The highest BCUT2D eigenvalue weighted by molar-refractivity contribution is 5.71. The number of hydrogen-bond donors (Lipinski definition) is 0. The van der Waals surface area contributed by atoms with Crippen molar-refractivity contribution in [1.82, 2.24) is 5.16 Å². The van der Waals surface area contributed by atoms with Crippen LogP contribution in [0.25, 0.3) is 0 Å². The predicted octanol–water partition coefficient (Wildman–Crippen LogP) is 6.67. The van der Waals surface area contributed by atoms with E-state index >= 15 is 0 Å². The second kappa shape index (κ2) is 7.26. The van der Waals surface area contributed by atoms with Crippen LogP contribution in [0.2, 0.25) is 0 Å². The first-order valence-corrected chi connectivity index (χ1v) is 14.3. The molecule has 3 saturated carbocycles. The molecule has 1 aliphatic heterocycles. The minimum Gasteiger partial charge on any atom is -0.461 e. The third-order valence-electron chi connectivity index (χ3n) is 13.0. The molecule has 4 fully saturated rings. The van der Waals surface area contributed by atoms with Crippen molar-refractivity contribution in [2.45, 2.75) is 118 Å². The number of rotatable bonds is 1. The highest BCUT2D eigenvalue weighted by atomic mass is 16.5. The van der Waals surface area contributed by atoms with E-state index in [4.69, 9.17) is 9.26 Å². The quantitative estimate of drug-likeness (QED) is 0.321. The van der Waals surface area contributed by atoms with Crippen LogP contribution in [0.15, 0.2) is 10.7 Å². The van der Waals surface area contributed by atoms with Crippen molar-refractivity contribution >= 4 is 12.3 Å². The van der Waals surface area contributed by atoms with Gasteiger partial charge in [-0.15, -0.1) is 0 Å². The van der Waals surface area contributed by atoms with Crippen LogP contribution >= 0.6 is 0 Å². The molecule has 5 nitrogen and oxygen atoms in total. The van der Waals surface area contributed by atoms with Crippen molar-refractivity contribution in [1.29, 1.82) is 0 Å². The van der Waals surface area contributed by atoms with Gasteiger partial charge < -0.3 is 14.1 Å². The van der Waals surface area contributed by atoms with Crippen LogP contribution in [0.1, 0.15) is 111 Å². The van der Waals surface area contributed by atoms with Gasteiger partial charge in [-0.2, -0.15) is 0 Å². The van der Waals surface area contributed by atoms with Gasteiger partial charge in [0.2, 0.25) is 0 Å². The first-order chi connectivity index (χ1) is 16.7. The van der Waals surface area contributed by atoms with Crippen LogP contribution < -0.4 is 0 Å². The van der Waals surface area contributed by atoms with E-state index in [9.17, 15) is 9.59 Å². The Bertz CT molecular complexity index is 1100. The van der Waals surface area contributed by atoms with Gasteiger partial charge in [0.25, 0.3) is 0 Å². The standard InChI is InChI=1S/C31H45NO4/c1-26(2)10-12-31(18-33)13-11-30(7)25(20(31)16-26)35-23(34)14-22-28(5)15-19-17-32-36-24(19)27(3,4)21(28)8-9-29(22,30)6/h17-18,20-22,25H,8-16H2,1-7H3/t20?,21-,22+,25?,28-,29+,30+,31+/m0/s1. The number of carbonyl (C=O) groups is 2. The van der Waals surface area contributed by atoms with E-state index in [1.54, 1.807) is 0 Å². The largest absolute Gasteiger partial charge is 0.461 e. The maximum atomic E-state index is 13.7. The molecule has 36 heavy (non-hydrogen) atoms. The summed E-state index contributed by atoms with van der Waals surface area (Å²) < 4.78 is 12.4. The highest BCUT2D eigenvalue weighted by Crippen LogP contribution is 2.73. The number of aldehydes is 1. The Kier molecular flexibility index (Phi) is 4.97. The van der Waals surface area contributed by atoms with E-state index in [1.807, 2.05) is 6.20 Å². The Morgan fingerprint density at radius 3 is 2.39 bits per heavy atom. The van der Waals surface area contributed by atoms with Gasteiger partial charge in [-0.05, 0) is 79.4 Å². The lowest BCUT2D eigenvalue weighted by Crippen LogP contribution is -2.65. The molecule has 0 aromatic carbocycles. The van der Waals surface area contributed by atoms with Crippen LogP contribution in [0, 0.1) is 44.8 Å². The zero-order valence-corrected chi connectivity index (χ0v) is 23.4. The fraction of sp³-hybridized carbons (Fsp3) is 0.839. The van der Waals surface area contributed by atoms with E-state index in [0.29, 0.717) is 12.3 Å². The lowest BCUT2D eigenvalue weighted by molar-refractivity contribution is -0.217. The van der Waals surface area contributed by atoms with Crippen LogP contribution in [0.3, 0.4) is 0 Å². The second-order valence-electron chi connectivity index (χ2n) is 15.5. The Morgan fingerprint density at radius 2 is 1.67 bits per heavy atom. The van der Waals surface area contributed by atoms with Gasteiger partial charge >= 0.3 is 5.97 Å². The van der Waals surface area contributed by atoms with Gasteiger partial charge in [-0.1, -0.05) is 53.6 Å². The van der Waals surface area contributed by atoms with Gasteiger partial charge in [-0.25, -0.2) is 0 Å². The van der Waals surface area contributed by atoms with E-state index in [1.165, 1.54) is 11.8 Å². The summed E-state index contributed by atoms with van der Waals surface area (Å²) in [6.45, 7) is 16.6. The summed E-state index contributed by atoms with van der Waals surface area (Å²) in [5, 5.41) is 4.20. The van der Waals surface area contributed by atoms with Gasteiger partial charge in [0.05, 0.1) is 6.20 Å². The molecule has 198 valence electrons. The average Bonchev–Trinajstić information content (AvgIpc) is 3.24. The van der Waals surface area contributed by atoms with Crippen molar-refractivity contribution in [3.63, 3.8) is 0 Å². The lowest BCUT2D eigenvalue weighted by atomic mass is 9.36. The summed E-state index contributed by atoms with van der Waals surface area (Å²) in [7, 11) is 0. The van der Waals surface area contributed by atoms with E-state index in [-0.39, 0.29) is 56.4 Å². The Hall–Kier alpha value is -1.65. The summed E-state index contributed by atoms with van der Waals surface area (Å²) in [4.78, 5) is 26.4. The van der Waals surface area contributed by atoms with E-state index in [2.05, 4.69) is 53.6 Å². The molecule has 5 heteroatoms. The number of esters is 1. The van der Waals surface area contributed by atoms with Crippen molar-refractivity contribution in [2.75, 3.05) is 0 Å². The molecule has 1 aromatic rings. The van der Waals surface area contributed by atoms with Gasteiger partial charge in [0.15, 0.2) is 0 Å². The fourth-order valence-corrected chi connectivity index (χ4v) is 10.8. The molecule has 0 spiro atoms. The molecule has 1 aromatic heterocycles. The monoisotopic (exact) mass is 495 g/mol. The molecule has 2 heterocycles. The number of ether oxygens (including phenoxy) is 1. The number of nitrogens with zero attached hydrogens (tertiary/aromatic N) is 1. The first-order valence-electron chi connectivity index (χ1n) is 14.3. The number of fused-ring (bicyclic) bond motifs is 8. The summed E-state index contributed by atoms with van der Waals surface area (Å²) >= 11 is 0. The average molecular weight is 496 g/mol. The Morgan fingerprint density at radius 1 is 0.944 bits per heavy atom. The smallest absolute Gasteiger partial charge is 0.306 e. The predicted molar refractivity (Wildman–Crippen MR) is 137 cm³/mol. The molecule has 8 atom stereocenters. The van der Waals surface area contributed by atoms with Crippen molar-refractivity contribution in [3.05, 3.63) is 17.5 Å².